The van der Waals surface area contributed by atoms with E-state index in [9.17, 15) is 0 Å². The van der Waals surface area contributed by atoms with Gasteiger partial charge in [-0.25, -0.2) is 0 Å². The molecule has 0 spiro atoms. The van der Waals surface area contributed by atoms with Crippen LogP contribution in [0.15, 0.2) is 34.9 Å². The highest BCUT2D eigenvalue weighted by Gasteiger charge is 2.07. The average molecular weight is 270 g/mol. The fourth-order valence-corrected chi connectivity index (χ4v) is 2.29. The molecule has 5 heteroatoms. The summed E-state index contributed by atoms with van der Waals surface area (Å²) >= 11 is 0. The van der Waals surface area contributed by atoms with Gasteiger partial charge >= 0.3 is 0 Å². The fraction of sp³-hybridized carbons (Fsp3) is 0.333. The van der Waals surface area contributed by atoms with E-state index in [2.05, 4.69) is 57.5 Å². The molecule has 0 saturated carbocycles. The second-order valence-corrected chi connectivity index (χ2v) is 4.83. The Morgan fingerprint density at radius 3 is 2.90 bits per heavy atom. The third kappa shape index (κ3) is 2.58. The van der Waals surface area contributed by atoms with E-state index in [0.29, 0.717) is 18.3 Å². The van der Waals surface area contributed by atoms with Gasteiger partial charge in [0.05, 0.1) is 0 Å². The van der Waals surface area contributed by atoms with E-state index in [1.165, 1.54) is 16.5 Å². The molecule has 0 unspecified atom stereocenters. The topological polar surface area (TPSA) is 55.9 Å². The number of aromatic nitrogens is 3. The first-order chi connectivity index (χ1) is 9.76. The Labute approximate surface area is 117 Å². The van der Waals surface area contributed by atoms with Crippen LogP contribution in [0.2, 0.25) is 0 Å². The quantitative estimate of drug-likeness (QED) is 0.774. The Morgan fingerprint density at radius 2 is 2.15 bits per heavy atom. The molecule has 0 bridgehead atoms. The number of hydrogen-bond donors (Lipinski definition) is 1. The van der Waals surface area contributed by atoms with Gasteiger partial charge in [-0.15, -0.1) is 10.2 Å². The van der Waals surface area contributed by atoms with Gasteiger partial charge in [-0.1, -0.05) is 19.1 Å². The fourth-order valence-electron chi connectivity index (χ4n) is 2.29. The summed E-state index contributed by atoms with van der Waals surface area (Å²) < 4.78 is 7.58. The predicted molar refractivity (Wildman–Crippen MR) is 77.5 cm³/mol. The Hall–Kier alpha value is -2.14. The molecule has 0 atom stereocenters. The van der Waals surface area contributed by atoms with Crippen LogP contribution in [0.1, 0.15) is 24.3 Å². The van der Waals surface area contributed by atoms with Gasteiger partial charge in [0, 0.05) is 25.2 Å². The Morgan fingerprint density at radius 1 is 1.25 bits per heavy atom. The lowest BCUT2D eigenvalue weighted by Crippen LogP contribution is -2.11. The predicted octanol–water partition coefficient (Wildman–Crippen LogP) is 2.49. The molecular weight excluding hydrogens is 252 g/mol. The van der Waals surface area contributed by atoms with E-state index in [1.54, 1.807) is 6.92 Å². The van der Waals surface area contributed by atoms with Gasteiger partial charge in [0.15, 0.2) is 0 Å². The molecule has 3 aromatic rings. The second kappa shape index (κ2) is 5.46. The molecule has 0 aliphatic heterocycles. The molecule has 0 radical (unpaired) electrons. The van der Waals surface area contributed by atoms with Crippen LogP contribution < -0.4 is 5.32 Å². The monoisotopic (exact) mass is 270 g/mol. The van der Waals surface area contributed by atoms with E-state index >= 15 is 0 Å². The summed E-state index contributed by atoms with van der Waals surface area (Å²) in [5.74, 6) is 1.24. The van der Waals surface area contributed by atoms with Crippen molar-refractivity contribution in [3.8, 4) is 0 Å². The standard InChI is InChI=1S/C15H18N4O/c1-3-16-9-12-4-5-13-6-7-19(14(13)8-12)10-15-18-17-11(2)20-15/h4-8,16H,3,9-10H2,1-2H3. The molecule has 1 aromatic carbocycles. The number of rotatable bonds is 5. The maximum Gasteiger partial charge on any atom is 0.236 e. The van der Waals surface area contributed by atoms with Gasteiger partial charge in [0.25, 0.3) is 0 Å². The van der Waals surface area contributed by atoms with Crippen LogP contribution in [0.25, 0.3) is 10.9 Å². The van der Waals surface area contributed by atoms with Crippen molar-refractivity contribution in [3.63, 3.8) is 0 Å². The lowest BCUT2D eigenvalue weighted by molar-refractivity contribution is 0.457. The van der Waals surface area contributed by atoms with Crippen molar-refractivity contribution < 1.29 is 4.42 Å². The maximum atomic E-state index is 5.45. The second-order valence-electron chi connectivity index (χ2n) is 4.83. The van der Waals surface area contributed by atoms with Crippen molar-refractivity contribution in [1.29, 1.82) is 0 Å². The van der Waals surface area contributed by atoms with Crippen molar-refractivity contribution in [2.24, 2.45) is 0 Å². The zero-order chi connectivity index (χ0) is 13.9. The molecule has 2 heterocycles. The number of hydrogen-bond acceptors (Lipinski definition) is 4. The molecule has 20 heavy (non-hydrogen) atoms. The lowest BCUT2D eigenvalue weighted by atomic mass is 10.1. The molecule has 0 aliphatic carbocycles. The Kier molecular flexibility index (Phi) is 3.52. The van der Waals surface area contributed by atoms with Crippen LogP contribution in [0.4, 0.5) is 0 Å². The maximum absolute atomic E-state index is 5.45. The molecule has 1 N–H and O–H groups in total. The van der Waals surface area contributed by atoms with Crippen molar-refractivity contribution in [1.82, 2.24) is 20.1 Å². The number of benzene rings is 1. The number of aryl methyl sites for hydroxylation is 1. The smallest absolute Gasteiger partial charge is 0.236 e. The normalized spacial score (nSPS) is 11.3. The summed E-state index contributed by atoms with van der Waals surface area (Å²) in [5, 5.41) is 12.5. The highest BCUT2D eigenvalue weighted by Crippen LogP contribution is 2.19. The van der Waals surface area contributed by atoms with Crippen molar-refractivity contribution >= 4 is 10.9 Å². The zero-order valence-electron chi connectivity index (χ0n) is 11.8. The molecule has 2 aromatic heterocycles. The first-order valence-corrected chi connectivity index (χ1v) is 6.83. The Balaban J connectivity index is 1.90. The highest BCUT2D eigenvalue weighted by atomic mass is 16.4. The van der Waals surface area contributed by atoms with E-state index < -0.39 is 0 Å². The van der Waals surface area contributed by atoms with E-state index in [4.69, 9.17) is 4.42 Å². The van der Waals surface area contributed by atoms with Crippen LogP contribution in [-0.2, 0) is 13.1 Å². The zero-order valence-corrected chi connectivity index (χ0v) is 11.8. The third-order valence-electron chi connectivity index (χ3n) is 3.29. The number of nitrogens with zero attached hydrogens (tertiary/aromatic N) is 3. The van der Waals surface area contributed by atoms with Gasteiger partial charge in [-0.2, -0.15) is 0 Å². The summed E-state index contributed by atoms with van der Waals surface area (Å²) in [4.78, 5) is 0. The molecular formula is C15H18N4O. The summed E-state index contributed by atoms with van der Waals surface area (Å²) in [5.41, 5.74) is 2.47. The van der Waals surface area contributed by atoms with Crippen molar-refractivity contribution in [3.05, 3.63) is 47.8 Å². The summed E-state index contributed by atoms with van der Waals surface area (Å²) in [6, 6.07) is 8.63. The van der Waals surface area contributed by atoms with E-state index in [0.717, 1.165) is 13.1 Å². The molecule has 5 nitrogen and oxygen atoms in total. The Bertz CT molecular complexity index is 714. The first kappa shape index (κ1) is 12.9. The first-order valence-electron chi connectivity index (χ1n) is 6.83. The van der Waals surface area contributed by atoms with Gasteiger partial charge in [0.2, 0.25) is 11.8 Å². The van der Waals surface area contributed by atoms with Crippen LogP contribution in [0, 0.1) is 6.92 Å². The van der Waals surface area contributed by atoms with E-state index in [1.807, 2.05) is 0 Å². The summed E-state index contributed by atoms with van der Waals surface area (Å²) in [7, 11) is 0. The van der Waals surface area contributed by atoms with Gasteiger partial charge in [0.1, 0.15) is 6.54 Å². The lowest BCUT2D eigenvalue weighted by Gasteiger charge is -2.05. The molecule has 0 aliphatic rings. The minimum Gasteiger partial charge on any atom is -0.424 e. The van der Waals surface area contributed by atoms with Gasteiger partial charge < -0.3 is 14.3 Å². The van der Waals surface area contributed by atoms with Gasteiger partial charge in [-0.05, 0) is 29.6 Å². The SMILES string of the molecule is CCNCc1ccc2ccn(Cc3nnc(C)o3)c2c1. The van der Waals surface area contributed by atoms with Crippen LogP contribution in [0.3, 0.4) is 0 Å². The van der Waals surface area contributed by atoms with Crippen LogP contribution >= 0.6 is 0 Å². The number of fused-ring (bicyclic) bond motifs is 1. The largest absolute Gasteiger partial charge is 0.424 e. The molecule has 0 saturated heterocycles. The number of nitrogens with one attached hydrogen (secondary N) is 1. The molecule has 104 valence electrons. The molecule has 3 rings (SSSR count). The van der Waals surface area contributed by atoms with Crippen molar-refractivity contribution in [2.45, 2.75) is 26.9 Å². The molecule has 0 fully saturated rings. The minimum atomic E-state index is 0.601. The average Bonchev–Trinajstić information content (AvgIpc) is 3.04. The highest BCUT2D eigenvalue weighted by molar-refractivity contribution is 5.80. The summed E-state index contributed by atoms with van der Waals surface area (Å²) in [6.07, 6.45) is 2.06. The third-order valence-corrected chi connectivity index (χ3v) is 3.29. The van der Waals surface area contributed by atoms with E-state index in [-0.39, 0.29) is 0 Å². The summed E-state index contributed by atoms with van der Waals surface area (Å²) in [6.45, 7) is 6.38. The van der Waals surface area contributed by atoms with Crippen LogP contribution in [-0.4, -0.2) is 21.3 Å². The molecule has 0 amide bonds. The minimum absolute atomic E-state index is 0.601. The van der Waals surface area contributed by atoms with Crippen LogP contribution in [0.5, 0.6) is 0 Å². The van der Waals surface area contributed by atoms with Gasteiger partial charge in [-0.3, -0.25) is 0 Å². The van der Waals surface area contributed by atoms with Crippen molar-refractivity contribution in [2.75, 3.05) is 6.54 Å².